The number of ether oxygens (including phenoxy) is 2. The van der Waals surface area contributed by atoms with Crippen LogP contribution in [0.1, 0.15) is 30.5 Å². The summed E-state index contributed by atoms with van der Waals surface area (Å²) >= 11 is 0. The van der Waals surface area contributed by atoms with E-state index in [-0.39, 0.29) is 0 Å². The minimum Gasteiger partial charge on any atom is -0.491 e. The van der Waals surface area contributed by atoms with Crippen LogP contribution in [-0.2, 0) is 17.8 Å². The van der Waals surface area contributed by atoms with E-state index in [9.17, 15) is 0 Å². The van der Waals surface area contributed by atoms with E-state index in [0.29, 0.717) is 32.9 Å². The first-order chi connectivity index (χ1) is 15.7. The van der Waals surface area contributed by atoms with Gasteiger partial charge in [0.1, 0.15) is 24.5 Å². The van der Waals surface area contributed by atoms with Gasteiger partial charge in [-0.05, 0) is 44.0 Å². The molecule has 3 aromatic rings. The van der Waals surface area contributed by atoms with Crippen LogP contribution in [0.3, 0.4) is 0 Å². The molecular weight excluding hydrogens is 404 g/mol. The van der Waals surface area contributed by atoms with Crippen molar-refractivity contribution in [2.45, 2.75) is 33.9 Å². The second-order valence-electron chi connectivity index (χ2n) is 7.20. The summed E-state index contributed by atoms with van der Waals surface area (Å²) in [4.78, 5) is 13.2. The number of aromatic nitrogens is 3. The highest BCUT2D eigenvalue weighted by atomic mass is 16.5. The Morgan fingerprint density at radius 2 is 2.03 bits per heavy atom. The van der Waals surface area contributed by atoms with Gasteiger partial charge >= 0.3 is 0 Å². The van der Waals surface area contributed by atoms with Crippen molar-refractivity contribution >= 4 is 5.96 Å². The highest BCUT2D eigenvalue weighted by Crippen LogP contribution is 2.20. The Morgan fingerprint density at radius 3 is 2.75 bits per heavy atom. The molecule has 0 atom stereocenters. The highest BCUT2D eigenvalue weighted by molar-refractivity contribution is 5.79. The summed E-state index contributed by atoms with van der Waals surface area (Å²) in [6.45, 7) is 9.79. The topological polar surface area (TPSA) is 85.6 Å². The third kappa shape index (κ3) is 7.09. The van der Waals surface area contributed by atoms with Gasteiger partial charge in [0.05, 0.1) is 13.2 Å². The number of hydrogen-bond donors (Lipinski definition) is 2. The number of pyridine rings is 1. The second kappa shape index (κ2) is 12.5. The molecule has 32 heavy (non-hydrogen) atoms. The van der Waals surface area contributed by atoms with Crippen LogP contribution in [0.4, 0.5) is 0 Å². The molecular formula is C24H32N6O2. The molecule has 2 aromatic heterocycles. The molecule has 0 radical (unpaired) electrons. The van der Waals surface area contributed by atoms with Crippen molar-refractivity contribution in [3.63, 3.8) is 0 Å². The fraction of sp³-hybridized carbons (Fsp3) is 0.375. The van der Waals surface area contributed by atoms with E-state index in [0.717, 1.165) is 40.8 Å². The van der Waals surface area contributed by atoms with Gasteiger partial charge in [0.25, 0.3) is 0 Å². The monoisotopic (exact) mass is 436 g/mol. The van der Waals surface area contributed by atoms with Crippen LogP contribution in [-0.4, -0.2) is 46.9 Å². The summed E-state index contributed by atoms with van der Waals surface area (Å²) in [5.41, 5.74) is 3.26. The number of imidazole rings is 1. The average Bonchev–Trinajstić information content (AvgIpc) is 3.35. The predicted octanol–water partition coefficient (Wildman–Crippen LogP) is 3.25. The van der Waals surface area contributed by atoms with Gasteiger partial charge in [0.15, 0.2) is 5.96 Å². The molecule has 0 aliphatic rings. The molecule has 0 saturated carbocycles. The summed E-state index contributed by atoms with van der Waals surface area (Å²) in [5, 5.41) is 6.69. The van der Waals surface area contributed by atoms with Crippen molar-refractivity contribution in [1.82, 2.24) is 25.2 Å². The Kier molecular flexibility index (Phi) is 9.06. The zero-order valence-corrected chi connectivity index (χ0v) is 19.0. The standard InChI is InChI=1S/C24H32N6O2/c1-4-26-24(28-16-20-7-9-23(27-15-20)30-11-10-25-18-30)29-17-21-8-6-19(3)14-22(21)32-13-12-31-5-2/h6-11,14-15,18H,4-5,12-13,16-17H2,1-3H3,(H2,26,28,29). The predicted molar refractivity (Wildman–Crippen MR) is 126 cm³/mol. The molecule has 8 heteroatoms. The lowest BCUT2D eigenvalue weighted by molar-refractivity contribution is 0.110. The summed E-state index contributed by atoms with van der Waals surface area (Å²) in [6, 6.07) is 10.2. The maximum Gasteiger partial charge on any atom is 0.191 e. The van der Waals surface area contributed by atoms with Crippen molar-refractivity contribution in [2.75, 3.05) is 26.4 Å². The smallest absolute Gasteiger partial charge is 0.191 e. The number of aliphatic imine (C=N–C) groups is 1. The molecule has 0 saturated heterocycles. The maximum atomic E-state index is 5.94. The number of nitrogens with zero attached hydrogens (tertiary/aromatic N) is 4. The minimum absolute atomic E-state index is 0.526. The van der Waals surface area contributed by atoms with Crippen molar-refractivity contribution in [3.05, 3.63) is 71.9 Å². The largest absolute Gasteiger partial charge is 0.491 e. The van der Waals surface area contributed by atoms with E-state index in [2.05, 4.69) is 45.7 Å². The zero-order chi connectivity index (χ0) is 22.6. The maximum absolute atomic E-state index is 5.94. The highest BCUT2D eigenvalue weighted by Gasteiger charge is 2.06. The molecule has 170 valence electrons. The fourth-order valence-electron chi connectivity index (χ4n) is 3.05. The molecule has 0 amide bonds. The number of guanidine groups is 1. The van der Waals surface area contributed by atoms with Crippen LogP contribution in [0, 0.1) is 6.92 Å². The first-order valence-electron chi connectivity index (χ1n) is 10.9. The minimum atomic E-state index is 0.526. The van der Waals surface area contributed by atoms with Crippen molar-refractivity contribution < 1.29 is 9.47 Å². The van der Waals surface area contributed by atoms with Crippen LogP contribution in [0.25, 0.3) is 5.82 Å². The number of nitrogens with one attached hydrogen (secondary N) is 2. The molecule has 0 unspecified atom stereocenters. The summed E-state index contributed by atoms with van der Waals surface area (Å²) in [6.07, 6.45) is 7.17. The van der Waals surface area contributed by atoms with Gasteiger partial charge in [-0.3, -0.25) is 4.57 Å². The molecule has 2 heterocycles. The van der Waals surface area contributed by atoms with Crippen LogP contribution >= 0.6 is 0 Å². The van der Waals surface area contributed by atoms with Gasteiger partial charge in [0, 0.05) is 43.9 Å². The third-order valence-corrected chi connectivity index (χ3v) is 4.70. The van der Waals surface area contributed by atoms with Gasteiger partial charge in [-0.25, -0.2) is 15.0 Å². The normalized spacial score (nSPS) is 11.4. The quantitative estimate of drug-likeness (QED) is 0.273. The van der Waals surface area contributed by atoms with E-state index < -0.39 is 0 Å². The van der Waals surface area contributed by atoms with E-state index in [1.807, 2.05) is 42.9 Å². The average molecular weight is 437 g/mol. The molecule has 0 fully saturated rings. The number of rotatable bonds is 11. The summed E-state index contributed by atoms with van der Waals surface area (Å²) in [5.74, 6) is 2.44. The second-order valence-corrected chi connectivity index (χ2v) is 7.20. The van der Waals surface area contributed by atoms with Crippen molar-refractivity contribution in [2.24, 2.45) is 4.99 Å². The van der Waals surface area contributed by atoms with Gasteiger partial charge < -0.3 is 20.1 Å². The SMILES string of the molecule is CCNC(=NCc1ccc(-n2ccnc2)nc1)NCc1ccc(C)cc1OCCOCC. The molecule has 2 N–H and O–H groups in total. The lowest BCUT2D eigenvalue weighted by atomic mass is 10.1. The van der Waals surface area contributed by atoms with Gasteiger partial charge in [-0.15, -0.1) is 0 Å². The number of aryl methyl sites for hydroxylation is 1. The fourth-order valence-corrected chi connectivity index (χ4v) is 3.05. The van der Waals surface area contributed by atoms with Crippen LogP contribution in [0.2, 0.25) is 0 Å². The van der Waals surface area contributed by atoms with Gasteiger partial charge in [-0.2, -0.15) is 0 Å². The van der Waals surface area contributed by atoms with Crippen LogP contribution in [0.5, 0.6) is 5.75 Å². The molecule has 3 rings (SSSR count). The Bertz CT molecular complexity index is 971. The lowest BCUT2D eigenvalue weighted by Gasteiger charge is -2.15. The van der Waals surface area contributed by atoms with E-state index in [1.54, 1.807) is 12.5 Å². The lowest BCUT2D eigenvalue weighted by Crippen LogP contribution is -2.36. The Balaban J connectivity index is 1.61. The van der Waals surface area contributed by atoms with E-state index in [4.69, 9.17) is 14.5 Å². The first kappa shape index (κ1) is 23.3. The Morgan fingerprint density at radius 1 is 1.12 bits per heavy atom. The van der Waals surface area contributed by atoms with Gasteiger partial charge in [0.2, 0.25) is 0 Å². The summed E-state index contributed by atoms with van der Waals surface area (Å²) < 4.78 is 13.2. The molecule has 0 aliphatic carbocycles. The molecule has 0 spiro atoms. The van der Waals surface area contributed by atoms with Crippen molar-refractivity contribution in [3.8, 4) is 11.6 Å². The molecule has 0 aliphatic heterocycles. The molecule has 0 bridgehead atoms. The molecule has 1 aromatic carbocycles. The first-order valence-corrected chi connectivity index (χ1v) is 10.9. The van der Waals surface area contributed by atoms with Crippen molar-refractivity contribution in [1.29, 1.82) is 0 Å². The Labute approximate surface area is 189 Å². The number of hydrogen-bond acceptors (Lipinski definition) is 5. The third-order valence-electron chi connectivity index (χ3n) is 4.70. The number of benzene rings is 1. The van der Waals surface area contributed by atoms with Crippen LogP contribution < -0.4 is 15.4 Å². The van der Waals surface area contributed by atoms with E-state index >= 15 is 0 Å². The molecule has 8 nitrogen and oxygen atoms in total. The van der Waals surface area contributed by atoms with Gasteiger partial charge in [-0.1, -0.05) is 18.2 Å². The van der Waals surface area contributed by atoms with Crippen LogP contribution in [0.15, 0.2) is 60.2 Å². The summed E-state index contributed by atoms with van der Waals surface area (Å²) in [7, 11) is 0. The van der Waals surface area contributed by atoms with E-state index in [1.165, 1.54) is 0 Å². The Hall–Kier alpha value is -3.39. The zero-order valence-electron chi connectivity index (χ0n) is 19.0.